The molecule has 0 spiro atoms. The predicted octanol–water partition coefficient (Wildman–Crippen LogP) is 2.67. The molecule has 21 heavy (non-hydrogen) atoms. The van der Waals surface area contributed by atoms with Crippen LogP contribution >= 0.6 is 0 Å². The van der Waals surface area contributed by atoms with Crippen LogP contribution in [0.4, 0.5) is 0 Å². The molecule has 0 saturated heterocycles. The van der Waals surface area contributed by atoms with Gasteiger partial charge in [0.2, 0.25) is 0 Å². The molecule has 3 aromatic rings. The number of aromatic nitrogens is 2. The van der Waals surface area contributed by atoms with Crippen molar-refractivity contribution in [2.75, 3.05) is 6.61 Å². The van der Waals surface area contributed by atoms with E-state index in [2.05, 4.69) is 33.9 Å². The molecule has 1 aliphatic rings. The summed E-state index contributed by atoms with van der Waals surface area (Å²) in [5, 5.41) is 1.15. The Hall–Kier alpha value is -2.33. The molecule has 4 rings (SSSR count). The number of para-hydroxylation sites is 1. The average molecular weight is 279 g/mol. The number of fused-ring (bicyclic) bond motifs is 2. The van der Waals surface area contributed by atoms with Crippen molar-refractivity contribution in [1.82, 2.24) is 9.55 Å². The highest BCUT2D eigenvalue weighted by Gasteiger charge is 2.24. The van der Waals surface area contributed by atoms with Gasteiger partial charge in [0, 0.05) is 42.4 Å². The Labute approximate surface area is 123 Å². The van der Waals surface area contributed by atoms with Gasteiger partial charge in [-0.15, -0.1) is 0 Å². The van der Waals surface area contributed by atoms with Gasteiger partial charge in [0.1, 0.15) is 11.4 Å². The van der Waals surface area contributed by atoms with Crippen LogP contribution in [0.3, 0.4) is 0 Å². The predicted molar refractivity (Wildman–Crippen MR) is 82.3 cm³/mol. The Bertz CT molecular complexity index is 794. The molecule has 4 nitrogen and oxygen atoms in total. The second-order valence-corrected chi connectivity index (χ2v) is 5.43. The molecule has 1 atom stereocenters. The van der Waals surface area contributed by atoms with E-state index in [4.69, 9.17) is 10.5 Å². The molecule has 2 N–H and O–H groups in total. The van der Waals surface area contributed by atoms with Crippen LogP contribution in [0, 0.1) is 0 Å². The number of ether oxygens (including phenoxy) is 1. The van der Waals surface area contributed by atoms with E-state index in [9.17, 15) is 0 Å². The minimum atomic E-state index is 0.365. The smallest absolute Gasteiger partial charge is 0.140 e. The van der Waals surface area contributed by atoms with Crippen LogP contribution in [0.25, 0.3) is 11.0 Å². The van der Waals surface area contributed by atoms with Gasteiger partial charge in [0.25, 0.3) is 0 Å². The van der Waals surface area contributed by atoms with Crippen LogP contribution in [0.1, 0.15) is 17.0 Å². The summed E-state index contributed by atoms with van der Waals surface area (Å²) >= 11 is 0. The molecule has 0 saturated carbocycles. The summed E-state index contributed by atoms with van der Waals surface area (Å²) < 4.78 is 7.97. The number of rotatable bonds is 3. The van der Waals surface area contributed by atoms with Crippen LogP contribution in [0.5, 0.6) is 5.75 Å². The van der Waals surface area contributed by atoms with E-state index in [-0.39, 0.29) is 0 Å². The van der Waals surface area contributed by atoms with Gasteiger partial charge in [-0.25, -0.2) is 4.98 Å². The average Bonchev–Trinajstić information content (AvgIpc) is 3.10. The van der Waals surface area contributed by atoms with Crippen LogP contribution < -0.4 is 10.5 Å². The van der Waals surface area contributed by atoms with E-state index in [1.54, 1.807) is 0 Å². The van der Waals surface area contributed by atoms with E-state index >= 15 is 0 Å². The maximum atomic E-state index is 5.85. The molecule has 1 aliphatic heterocycles. The Morgan fingerprint density at radius 1 is 1.24 bits per heavy atom. The van der Waals surface area contributed by atoms with Crippen molar-refractivity contribution in [2.45, 2.75) is 19.0 Å². The molecule has 0 aliphatic carbocycles. The highest BCUT2D eigenvalue weighted by Crippen LogP contribution is 2.35. The fraction of sp³-hybridized carbons (Fsp3) is 0.235. The standard InChI is InChI=1S/C17H17N3O/c18-8-12-9-20(17-15(12)5-3-7-19-17)10-13-11-21-16-6-2-1-4-14(13)16/h1-7,9,13H,8,10-11,18H2. The lowest BCUT2D eigenvalue weighted by atomic mass is 10.0. The number of pyridine rings is 1. The van der Waals surface area contributed by atoms with E-state index < -0.39 is 0 Å². The number of nitrogens with zero attached hydrogens (tertiary/aromatic N) is 2. The maximum absolute atomic E-state index is 5.85. The minimum absolute atomic E-state index is 0.365. The van der Waals surface area contributed by atoms with Gasteiger partial charge in [-0.05, 0) is 23.8 Å². The Kier molecular flexibility index (Phi) is 2.89. The first kappa shape index (κ1) is 12.4. The second kappa shape index (κ2) is 4.90. The van der Waals surface area contributed by atoms with E-state index in [0.29, 0.717) is 12.5 Å². The van der Waals surface area contributed by atoms with Crippen molar-refractivity contribution in [2.24, 2.45) is 5.73 Å². The lowest BCUT2D eigenvalue weighted by Gasteiger charge is -2.10. The summed E-state index contributed by atoms with van der Waals surface area (Å²) in [6.07, 6.45) is 3.96. The van der Waals surface area contributed by atoms with Gasteiger partial charge >= 0.3 is 0 Å². The molecule has 0 fully saturated rings. The van der Waals surface area contributed by atoms with Gasteiger partial charge in [-0.1, -0.05) is 18.2 Å². The molecular formula is C17H17N3O. The van der Waals surface area contributed by atoms with Gasteiger partial charge < -0.3 is 15.0 Å². The van der Waals surface area contributed by atoms with Crippen molar-refractivity contribution < 1.29 is 4.74 Å². The summed E-state index contributed by atoms with van der Waals surface area (Å²) in [5.74, 6) is 1.37. The van der Waals surface area contributed by atoms with Gasteiger partial charge in [-0.3, -0.25) is 0 Å². The zero-order valence-corrected chi connectivity index (χ0v) is 11.7. The normalized spacial score (nSPS) is 16.9. The van der Waals surface area contributed by atoms with Gasteiger partial charge in [0.05, 0.1) is 6.61 Å². The lowest BCUT2D eigenvalue weighted by molar-refractivity contribution is 0.320. The van der Waals surface area contributed by atoms with Gasteiger partial charge in [0.15, 0.2) is 0 Å². The number of nitrogens with two attached hydrogens (primary N) is 1. The topological polar surface area (TPSA) is 53.1 Å². The molecule has 2 aromatic heterocycles. The molecule has 1 aromatic carbocycles. The molecule has 106 valence electrons. The third-order valence-electron chi connectivity index (χ3n) is 4.15. The van der Waals surface area contributed by atoms with Crippen molar-refractivity contribution in [1.29, 1.82) is 0 Å². The van der Waals surface area contributed by atoms with E-state index in [0.717, 1.165) is 35.5 Å². The highest BCUT2D eigenvalue weighted by molar-refractivity contribution is 5.80. The van der Waals surface area contributed by atoms with E-state index in [1.165, 1.54) is 5.56 Å². The summed E-state index contributed by atoms with van der Waals surface area (Å²) in [6, 6.07) is 12.3. The first-order valence-electron chi connectivity index (χ1n) is 7.21. The number of hydrogen-bond donors (Lipinski definition) is 1. The molecular weight excluding hydrogens is 262 g/mol. The molecule has 4 heteroatoms. The van der Waals surface area contributed by atoms with Crippen molar-refractivity contribution in [3.8, 4) is 5.75 Å². The Morgan fingerprint density at radius 3 is 3.05 bits per heavy atom. The van der Waals surface area contributed by atoms with Crippen molar-refractivity contribution >= 4 is 11.0 Å². The zero-order chi connectivity index (χ0) is 14.2. The number of hydrogen-bond acceptors (Lipinski definition) is 3. The summed E-state index contributed by atoms with van der Waals surface area (Å²) in [5.41, 5.74) is 9.28. The van der Waals surface area contributed by atoms with Crippen LogP contribution in [-0.2, 0) is 13.1 Å². The first-order chi connectivity index (χ1) is 10.4. The van der Waals surface area contributed by atoms with Crippen LogP contribution in [0.2, 0.25) is 0 Å². The summed E-state index contributed by atoms with van der Waals surface area (Å²) in [4.78, 5) is 4.51. The van der Waals surface area contributed by atoms with Crippen LogP contribution in [-0.4, -0.2) is 16.2 Å². The zero-order valence-electron chi connectivity index (χ0n) is 11.7. The fourth-order valence-electron chi connectivity index (χ4n) is 3.12. The van der Waals surface area contributed by atoms with Crippen molar-refractivity contribution in [3.63, 3.8) is 0 Å². The molecule has 0 radical (unpaired) electrons. The highest BCUT2D eigenvalue weighted by atomic mass is 16.5. The monoisotopic (exact) mass is 279 g/mol. The molecule has 3 heterocycles. The van der Waals surface area contributed by atoms with E-state index in [1.807, 2.05) is 24.4 Å². The quantitative estimate of drug-likeness (QED) is 0.802. The third-order valence-corrected chi connectivity index (χ3v) is 4.15. The second-order valence-electron chi connectivity index (χ2n) is 5.43. The summed E-state index contributed by atoms with van der Waals surface area (Å²) in [7, 11) is 0. The number of benzene rings is 1. The SMILES string of the molecule is NCc1cn(CC2COc3ccccc32)c2ncccc12. The minimum Gasteiger partial charge on any atom is -0.493 e. The Balaban J connectivity index is 1.73. The third kappa shape index (κ3) is 1.99. The Morgan fingerprint density at radius 2 is 2.14 bits per heavy atom. The van der Waals surface area contributed by atoms with Gasteiger partial charge in [-0.2, -0.15) is 0 Å². The van der Waals surface area contributed by atoms with Crippen molar-refractivity contribution in [3.05, 3.63) is 59.9 Å². The largest absolute Gasteiger partial charge is 0.493 e. The lowest BCUT2D eigenvalue weighted by Crippen LogP contribution is -2.10. The molecule has 0 bridgehead atoms. The first-order valence-corrected chi connectivity index (χ1v) is 7.21. The molecule has 0 amide bonds. The maximum Gasteiger partial charge on any atom is 0.140 e. The molecule has 1 unspecified atom stereocenters. The van der Waals surface area contributed by atoms with Crippen LogP contribution in [0.15, 0.2) is 48.8 Å². The fourth-order valence-corrected chi connectivity index (χ4v) is 3.12. The summed E-state index contributed by atoms with van der Waals surface area (Å²) in [6.45, 7) is 2.13.